The number of rotatable bonds is 3. The second kappa shape index (κ2) is 5.43. The third-order valence-electron chi connectivity index (χ3n) is 2.37. The molecule has 6 heteroatoms. The second-order valence-electron chi connectivity index (χ2n) is 3.75. The lowest BCUT2D eigenvalue weighted by molar-refractivity contribution is 0.601. The molecule has 0 heterocycles. The molecule has 4 nitrogen and oxygen atoms in total. The van der Waals surface area contributed by atoms with Crippen molar-refractivity contribution in [1.29, 1.82) is 5.26 Å². The Bertz CT molecular complexity index is 734. The van der Waals surface area contributed by atoms with Crippen molar-refractivity contribution in [3.63, 3.8) is 0 Å². The predicted molar refractivity (Wildman–Crippen MR) is 76.1 cm³/mol. The Hall–Kier alpha value is -1.84. The molecule has 2 aromatic carbocycles. The lowest BCUT2D eigenvalue weighted by Gasteiger charge is -2.08. The van der Waals surface area contributed by atoms with E-state index in [1.54, 1.807) is 30.3 Å². The van der Waals surface area contributed by atoms with Gasteiger partial charge in [0.2, 0.25) is 0 Å². The van der Waals surface area contributed by atoms with Gasteiger partial charge in [-0.1, -0.05) is 22.0 Å². The van der Waals surface area contributed by atoms with Crippen LogP contribution in [0.25, 0.3) is 0 Å². The van der Waals surface area contributed by atoms with Gasteiger partial charge < -0.3 is 0 Å². The molecule has 0 aromatic heterocycles. The molecule has 2 aromatic rings. The van der Waals surface area contributed by atoms with E-state index in [-0.39, 0.29) is 4.90 Å². The Kier molecular flexibility index (Phi) is 3.88. The number of halogens is 1. The van der Waals surface area contributed by atoms with E-state index in [2.05, 4.69) is 20.7 Å². The van der Waals surface area contributed by atoms with Gasteiger partial charge in [-0.3, -0.25) is 4.72 Å². The van der Waals surface area contributed by atoms with Crippen molar-refractivity contribution in [3.8, 4) is 6.07 Å². The van der Waals surface area contributed by atoms with Crippen LogP contribution in [0.4, 0.5) is 5.69 Å². The third-order valence-corrected chi connectivity index (χ3v) is 4.29. The number of nitriles is 1. The van der Waals surface area contributed by atoms with E-state index >= 15 is 0 Å². The quantitative estimate of drug-likeness (QED) is 0.935. The fourth-order valence-electron chi connectivity index (χ4n) is 1.48. The van der Waals surface area contributed by atoms with Crippen LogP contribution in [0.3, 0.4) is 0 Å². The smallest absolute Gasteiger partial charge is 0.261 e. The minimum atomic E-state index is -3.64. The summed E-state index contributed by atoms with van der Waals surface area (Å²) in [7, 11) is -3.64. The zero-order valence-corrected chi connectivity index (χ0v) is 12.1. The first-order valence-corrected chi connectivity index (χ1v) is 7.57. The molecule has 19 heavy (non-hydrogen) atoms. The molecule has 0 atom stereocenters. The van der Waals surface area contributed by atoms with E-state index in [4.69, 9.17) is 5.26 Å². The molecule has 1 N–H and O–H groups in total. The van der Waals surface area contributed by atoms with Crippen molar-refractivity contribution in [2.24, 2.45) is 0 Å². The van der Waals surface area contributed by atoms with Gasteiger partial charge in [0.15, 0.2) is 0 Å². The molecule has 96 valence electrons. The van der Waals surface area contributed by atoms with Crippen LogP contribution in [0.5, 0.6) is 0 Å². The van der Waals surface area contributed by atoms with Crippen LogP contribution >= 0.6 is 15.9 Å². The molecule has 0 unspecified atom stereocenters. The highest BCUT2D eigenvalue weighted by Crippen LogP contribution is 2.19. The first-order chi connectivity index (χ1) is 9.01. The van der Waals surface area contributed by atoms with Crippen molar-refractivity contribution in [2.45, 2.75) is 4.90 Å². The number of hydrogen-bond donors (Lipinski definition) is 1. The predicted octanol–water partition coefficient (Wildman–Crippen LogP) is 3.12. The molecule has 0 spiro atoms. The van der Waals surface area contributed by atoms with Crippen LogP contribution in [-0.2, 0) is 10.0 Å². The molecule has 0 bridgehead atoms. The summed E-state index contributed by atoms with van der Waals surface area (Å²) < 4.78 is 27.4. The minimum absolute atomic E-state index is 0.165. The molecule has 0 saturated heterocycles. The standard InChI is InChI=1S/C13H9BrN2O2S/c14-11-4-6-13(7-5-11)19(17,18)16-12-3-1-2-10(8-12)9-15/h1-8,16H. The van der Waals surface area contributed by atoms with Crippen LogP contribution in [-0.4, -0.2) is 8.42 Å². The molecule has 0 amide bonds. The topological polar surface area (TPSA) is 70.0 Å². The number of sulfonamides is 1. The molecule has 0 aliphatic rings. The van der Waals surface area contributed by atoms with Crippen molar-refractivity contribution in [3.05, 3.63) is 58.6 Å². The minimum Gasteiger partial charge on any atom is -0.280 e. The highest BCUT2D eigenvalue weighted by Gasteiger charge is 2.13. The largest absolute Gasteiger partial charge is 0.280 e. The van der Waals surface area contributed by atoms with Gasteiger partial charge in [-0.2, -0.15) is 5.26 Å². The lowest BCUT2D eigenvalue weighted by Crippen LogP contribution is -2.12. The van der Waals surface area contributed by atoms with E-state index < -0.39 is 10.0 Å². The summed E-state index contributed by atoms with van der Waals surface area (Å²) in [6, 6.07) is 14.6. The van der Waals surface area contributed by atoms with Gasteiger partial charge in [-0.25, -0.2) is 8.42 Å². The molecule has 0 saturated carbocycles. The Morgan fingerprint density at radius 3 is 2.42 bits per heavy atom. The zero-order valence-electron chi connectivity index (χ0n) is 9.67. The maximum absolute atomic E-state index is 12.1. The van der Waals surface area contributed by atoms with Gasteiger partial charge in [0.05, 0.1) is 22.2 Å². The van der Waals surface area contributed by atoms with Crippen molar-refractivity contribution < 1.29 is 8.42 Å². The highest BCUT2D eigenvalue weighted by molar-refractivity contribution is 9.10. The van der Waals surface area contributed by atoms with Gasteiger partial charge in [-0.05, 0) is 42.5 Å². The Labute approximate surface area is 119 Å². The molecule has 2 rings (SSSR count). The number of hydrogen-bond acceptors (Lipinski definition) is 3. The van der Waals surface area contributed by atoms with Gasteiger partial charge in [0.1, 0.15) is 0 Å². The van der Waals surface area contributed by atoms with E-state index in [1.165, 1.54) is 18.2 Å². The van der Waals surface area contributed by atoms with Gasteiger partial charge >= 0.3 is 0 Å². The average Bonchev–Trinajstić information content (AvgIpc) is 2.39. The molecular formula is C13H9BrN2O2S. The first-order valence-electron chi connectivity index (χ1n) is 5.30. The van der Waals surface area contributed by atoms with Gasteiger partial charge in [0, 0.05) is 4.47 Å². The average molecular weight is 337 g/mol. The number of nitrogens with one attached hydrogen (secondary N) is 1. The fourth-order valence-corrected chi connectivity index (χ4v) is 2.79. The first kappa shape index (κ1) is 13.6. The number of benzene rings is 2. The van der Waals surface area contributed by atoms with Crippen LogP contribution in [0.15, 0.2) is 57.9 Å². The Morgan fingerprint density at radius 1 is 1.11 bits per heavy atom. The molecule has 0 fully saturated rings. The number of anilines is 1. The fraction of sp³-hybridized carbons (Fsp3) is 0. The van der Waals surface area contributed by atoms with Crippen molar-refractivity contribution in [1.82, 2.24) is 0 Å². The summed E-state index contributed by atoms with van der Waals surface area (Å²) in [5.41, 5.74) is 0.762. The summed E-state index contributed by atoms with van der Waals surface area (Å²) >= 11 is 3.25. The summed E-state index contributed by atoms with van der Waals surface area (Å²) in [5.74, 6) is 0. The van der Waals surface area contributed by atoms with E-state index in [1.807, 2.05) is 6.07 Å². The SMILES string of the molecule is N#Cc1cccc(NS(=O)(=O)c2ccc(Br)cc2)c1. The normalized spacial score (nSPS) is 10.7. The van der Waals surface area contributed by atoms with Crippen molar-refractivity contribution in [2.75, 3.05) is 4.72 Å². The maximum Gasteiger partial charge on any atom is 0.261 e. The molecule has 0 radical (unpaired) electrons. The van der Waals surface area contributed by atoms with Gasteiger partial charge in [-0.15, -0.1) is 0 Å². The Morgan fingerprint density at radius 2 is 1.79 bits per heavy atom. The van der Waals surface area contributed by atoms with Crippen molar-refractivity contribution >= 4 is 31.6 Å². The van der Waals surface area contributed by atoms with E-state index in [0.717, 1.165) is 4.47 Å². The van der Waals surface area contributed by atoms with Gasteiger partial charge in [0.25, 0.3) is 10.0 Å². The molecule has 0 aliphatic heterocycles. The zero-order chi connectivity index (χ0) is 13.9. The molecular weight excluding hydrogens is 328 g/mol. The van der Waals surface area contributed by atoms with Crippen LogP contribution in [0, 0.1) is 11.3 Å². The van der Waals surface area contributed by atoms with Crippen LogP contribution in [0.1, 0.15) is 5.56 Å². The second-order valence-corrected chi connectivity index (χ2v) is 6.35. The lowest BCUT2D eigenvalue weighted by atomic mass is 10.2. The summed E-state index contributed by atoms with van der Waals surface area (Å²) in [5, 5.41) is 8.78. The summed E-state index contributed by atoms with van der Waals surface area (Å²) in [6.07, 6.45) is 0. The van der Waals surface area contributed by atoms with E-state index in [9.17, 15) is 8.42 Å². The van der Waals surface area contributed by atoms with Crippen LogP contribution < -0.4 is 4.72 Å². The summed E-state index contributed by atoms with van der Waals surface area (Å²) in [6.45, 7) is 0. The summed E-state index contributed by atoms with van der Waals surface area (Å²) in [4.78, 5) is 0.165. The maximum atomic E-state index is 12.1. The third kappa shape index (κ3) is 3.34. The highest BCUT2D eigenvalue weighted by atomic mass is 79.9. The molecule has 0 aliphatic carbocycles. The van der Waals surface area contributed by atoms with Crippen LogP contribution in [0.2, 0.25) is 0 Å². The number of nitrogens with zero attached hydrogens (tertiary/aromatic N) is 1. The monoisotopic (exact) mass is 336 g/mol. The van der Waals surface area contributed by atoms with E-state index in [0.29, 0.717) is 11.3 Å². The Balaban J connectivity index is 2.31.